The van der Waals surface area contributed by atoms with Gasteiger partial charge in [0.05, 0.1) is 5.69 Å². The van der Waals surface area contributed by atoms with E-state index in [9.17, 15) is 18.0 Å². The molecule has 0 unspecified atom stereocenters. The fourth-order valence-corrected chi connectivity index (χ4v) is 2.15. The van der Waals surface area contributed by atoms with Crippen LogP contribution in [0.3, 0.4) is 0 Å². The second-order valence-electron chi connectivity index (χ2n) is 4.47. The summed E-state index contributed by atoms with van der Waals surface area (Å²) >= 11 is 0. The second-order valence-corrected chi connectivity index (χ2v) is 4.47. The summed E-state index contributed by atoms with van der Waals surface area (Å²) in [5, 5.41) is 9.56. The summed E-state index contributed by atoms with van der Waals surface area (Å²) in [4.78, 5) is 18.5. The number of rotatable bonds is 1. The molecule has 0 aromatic carbocycles. The molecule has 0 aliphatic heterocycles. The number of halogens is 3. The molecule has 8 heteroatoms. The van der Waals surface area contributed by atoms with Crippen molar-refractivity contribution in [2.75, 3.05) is 0 Å². The Kier molecular flexibility index (Phi) is 3.09. The molecule has 0 saturated heterocycles. The van der Waals surface area contributed by atoms with Crippen molar-refractivity contribution in [1.82, 2.24) is 14.5 Å². The van der Waals surface area contributed by atoms with Gasteiger partial charge in [-0.05, 0) is 30.3 Å². The van der Waals surface area contributed by atoms with E-state index in [-0.39, 0.29) is 16.9 Å². The van der Waals surface area contributed by atoms with Gasteiger partial charge in [0.2, 0.25) is 0 Å². The van der Waals surface area contributed by atoms with E-state index >= 15 is 0 Å². The van der Waals surface area contributed by atoms with Gasteiger partial charge in [-0.25, -0.2) is 14.3 Å². The molecule has 3 aromatic rings. The van der Waals surface area contributed by atoms with Crippen molar-refractivity contribution in [3.63, 3.8) is 0 Å². The number of aromatic nitrogens is 3. The van der Waals surface area contributed by atoms with Crippen molar-refractivity contribution in [3.8, 4) is 11.3 Å². The lowest BCUT2D eigenvalue weighted by Gasteiger charge is -2.11. The highest BCUT2D eigenvalue weighted by atomic mass is 19.4. The zero-order valence-electron chi connectivity index (χ0n) is 10.9. The van der Waals surface area contributed by atoms with Gasteiger partial charge in [0, 0.05) is 23.3 Å². The minimum atomic E-state index is -4.62. The van der Waals surface area contributed by atoms with Crippen LogP contribution < -0.4 is 0 Å². The third kappa shape index (κ3) is 2.28. The lowest BCUT2D eigenvalue weighted by molar-refractivity contribution is -0.140. The molecule has 3 rings (SSSR count). The Balaban J connectivity index is 2.23. The van der Waals surface area contributed by atoms with Gasteiger partial charge in [-0.3, -0.25) is 4.98 Å². The number of alkyl halides is 3. The first kappa shape index (κ1) is 14.1. The standard InChI is InChI=1S/C14H8F3N3O2/c15-14(16,17)11-9(2-1-6-18-11)10-4-3-8-5-7-20(13(21)22)12(8)19-10/h1-7H,(H,21,22). The maximum atomic E-state index is 13.0. The molecule has 0 amide bonds. The largest absolute Gasteiger partial charge is 0.464 e. The molecular formula is C14H8F3N3O2. The van der Waals surface area contributed by atoms with Crippen LogP contribution in [-0.4, -0.2) is 25.7 Å². The third-order valence-corrected chi connectivity index (χ3v) is 3.09. The smallest absolute Gasteiger partial charge is 0.434 e. The van der Waals surface area contributed by atoms with E-state index in [2.05, 4.69) is 9.97 Å². The number of fused-ring (bicyclic) bond motifs is 1. The quantitative estimate of drug-likeness (QED) is 0.745. The van der Waals surface area contributed by atoms with E-state index in [0.717, 1.165) is 10.8 Å². The van der Waals surface area contributed by atoms with E-state index in [0.29, 0.717) is 5.39 Å². The fourth-order valence-electron chi connectivity index (χ4n) is 2.15. The number of carbonyl (C=O) groups is 1. The first-order valence-electron chi connectivity index (χ1n) is 6.12. The summed E-state index contributed by atoms with van der Waals surface area (Å²) in [5.74, 6) is 0. The Labute approximate surface area is 121 Å². The molecular weight excluding hydrogens is 299 g/mol. The topological polar surface area (TPSA) is 68.0 Å². The minimum Gasteiger partial charge on any atom is -0.464 e. The fraction of sp³-hybridized carbons (Fsp3) is 0.0714. The van der Waals surface area contributed by atoms with Gasteiger partial charge in [0.1, 0.15) is 5.65 Å². The molecule has 0 fully saturated rings. The van der Waals surface area contributed by atoms with Crippen LogP contribution in [0.4, 0.5) is 18.0 Å². The van der Waals surface area contributed by atoms with Crippen LogP contribution in [0.5, 0.6) is 0 Å². The van der Waals surface area contributed by atoms with Crippen molar-refractivity contribution in [1.29, 1.82) is 0 Å². The summed E-state index contributed by atoms with van der Waals surface area (Å²) in [6.07, 6.45) is -3.55. The molecule has 0 saturated carbocycles. The molecule has 3 aromatic heterocycles. The number of pyridine rings is 2. The highest BCUT2D eigenvalue weighted by molar-refractivity contribution is 5.87. The molecule has 112 valence electrons. The van der Waals surface area contributed by atoms with Gasteiger partial charge in [-0.1, -0.05) is 0 Å². The van der Waals surface area contributed by atoms with E-state index in [4.69, 9.17) is 5.11 Å². The number of carboxylic acid groups (broad SMARTS) is 1. The van der Waals surface area contributed by atoms with Crippen LogP contribution in [0, 0.1) is 0 Å². The van der Waals surface area contributed by atoms with Gasteiger partial charge < -0.3 is 5.11 Å². The summed E-state index contributed by atoms with van der Waals surface area (Å²) in [7, 11) is 0. The Hall–Kier alpha value is -2.90. The first-order valence-corrected chi connectivity index (χ1v) is 6.12. The zero-order valence-corrected chi connectivity index (χ0v) is 10.9. The monoisotopic (exact) mass is 307 g/mol. The lowest BCUT2D eigenvalue weighted by atomic mass is 10.1. The first-order chi connectivity index (χ1) is 10.4. The van der Waals surface area contributed by atoms with Gasteiger partial charge >= 0.3 is 12.3 Å². The van der Waals surface area contributed by atoms with E-state index in [1.54, 1.807) is 0 Å². The minimum absolute atomic E-state index is 0.00845. The van der Waals surface area contributed by atoms with Gasteiger partial charge in [-0.15, -0.1) is 0 Å². The van der Waals surface area contributed by atoms with Crippen LogP contribution >= 0.6 is 0 Å². The maximum absolute atomic E-state index is 13.0. The molecule has 0 spiro atoms. The lowest BCUT2D eigenvalue weighted by Crippen LogP contribution is -2.11. The normalized spacial score (nSPS) is 11.8. The van der Waals surface area contributed by atoms with Crippen molar-refractivity contribution >= 4 is 17.1 Å². The van der Waals surface area contributed by atoms with Crippen molar-refractivity contribution in [2.45, 2.75) is 6.18 Å². The van der Waals surface area contributed by atoms with E-state index in [1.807, 2.05) is 0 Å². The summed E-state index contributed by atoms with van der Waals surface area (Å²) in [6.45, 7) is 0. The number of hydrogen-bond donors (Lipinski definition) is 1. The maximum Gasteiger partial charge on any atom is 0.434 e. The predicted octanol–water partition coefficient (Wildman–Crippen LogP) is 3.64. The van der Waals surface area contributed by atoms with Crippen LogP contribution in [0.25, 0.3) is 22.3 Å². The number of hydrogen-bond acceptors (Lipinski definition) is 3. The zero-order chi connectivity index (χ0) is 15.9. The molecule has 0 bridgehead atoms. The highest BCUT2D eigenvalue weighted by Crippen LogP contribution is 2.35. The van der Waals surface area contributed by atoms with E-state index < -0.39 is 18.0 Å². The second kappa shape index (κ2) is 4.83. The van der Waals surface area contributed by atoms with Crippen LogP contribution in [0.2, 0.25) is 0 Å². The average molecular weight is 307 g/mol. The molecule has 0 radical (unpaired) electrons. The Morgan fingerprint density at radius 2 is 1.95 bits per heavy atom. The molecule has 0 aliphatic rings. The summed E-state index contributed by atoms with van der Waals surface area (Å²) in [5.41, 5.74) is -1.18. The van der Waals surface area contributed by atoms with Crippen LogP contribution in [0.1, 0.15) is 5.69 Å². The molecule has 3 heterocycles. The van der Waals surface area contributed by atoms with Gasteiger partial charge in [0.25, 0.3) is 0 Å². The third-order valence-electron chi connectivity index (χ3n) is 3.09. The van der Waals surface area contributed by atoms with Crippen LogP contribution in [-0.2, 0) is 6.18 Å². The molecule has 0 aliphatic carbocycles. The Morgan fingerprint density at radius 3 is 2.64 bits per heavy atom. The van der Waals surface area contributed by atoms with Gasteiger partial charge in [0.15, 0.2) is 5.69 Å². The number of nitrogens with zero attached hydrogens (tertiary/aromatic N) is 3. The molecule has 1 N–H and O–H groups in total. The molecule has 0 atom stereocenters. The van der Waals surface area contributed by atoms with Crippen LogP contribution in [0.15, 0.2) is 42.7 Å². The predicted molar refractivity (Wildman–Crippen MR) is 71.4 cm³/mol. The SMILES string of the molecule is O=C(O)n1ccc2ccc(-c3cccnc3C(F)(F)F)nc21. The Bertz CT molecular complexity index is 871. The molecule has 22 heavy (non-hydrogen) atoms. The summed E-state index contributed by atoms with van der Waals surface area (Å²) in [6, 6.07) is 7.06. The van der Waals surface area contributed by atoms with Crippen molar-refractivity contribution in [2.24, 2.45) is 0 Å². The van der Waals surface area contributed by atoms with Gasteiger partial charge in [-0.2, -0.15) is 13.2 Å². The Morgan fingerprint density at radius 1 is 1.18 bits per heavy atom. The average Bonchev–Trinajstić information content (AvgIpc) is 2.89. The molecule has 5 nitrogen and oxygen atoms in total. The van der Waals surface area contributed by atoms with Crippen molar-refractivity contribution in [3.05, 3.63) is 48.4 Å². The summed E-state index contributed by atoms with van der Waals surface area (Å²) < 4.78 is 39.9. The highest BCUT2D eigenvalue weighted by Gasteiger charge is 2.35. The van der Waals surface area contributed by atoms with Crippen molar-refractivity contribution < 1.29 is 23.1 Å². The van der Waals surface area contributed by atoms with E-state index in [1.165, 1.54) is 36.5 Å².